The average Bonchev–Trinajstić information content (AvgIpc) is 2.66. The highest BCUT2D eigenvalue weighted by Crippen LogP contribution is 2.29. The van der Waals surface area contributed by atoms with Gasteiger partial charge in [0, 0.05) is 16.8 Å². The molecule has 29 heavy (non-hydrogen) atoms. The van der Waals surface area contributed by atoms with Crippen LogP contribution in [0.1, 0.15) is 26.3 Å². The van der Waals surface area contributed by atoms with E-state index in [1.165, 1.54) is 0 Å². The third-order valence-corrected chi connectivity index (χ3v) is 4.68. The number of nitrogens with one attached hydrogen (secondary N) is 3. The van der Waals surface area contributed by atoms with E-state index in [1.807, 2.05) is 13.0 Å². The Morgan fingerprint density at radius 1 is 1.07 bits per heavy atom. The zero-order valence-electron chi connectivity index (χ0n) is 15.3. The number of hydrogen-bond donors (Lipinski definition) is 4. The molecule has 0 aliphatic rings. The zero-order valence-corrected chi connectivity index (χ0v) is 18.4. The molecule has 0 bridgehead atoms. The van der Waals surface area contributed by atoms with Gasteiger partial charge in [0.1, 0.15) is 6.17 Å². The number of rotatable bonds is 6. The number of hydrogen-bond acceptors (Lipinski definition) is 4. The summed E-state index contributed by atoms with van der Waals surface area (Å²) in [6.45, 7) is 1.80. The standard InChI is InChI=1S/C19H19Cl3N4O2S/c1-11-3-2-4-13(9-11)16(28)25-17(19(20,21)22)26-18(29)24-14-7-5-12(6-8-14)15(27)10-23/h2-9,17H,10,23H2,1H3,(H,25,28)(H2,24,26,29). The number of Topliss-reactive ketones (excluding diaryl/α,β-unsaturated/α-hetero) is 1. The van der Waals surface area contributed by atoms with Crippen molar-refractivity contribution in [2.45, 2.75) is 16.9 Å². The number of halogens is 3. The van der Waals surface area contributed by atoms with Gasteiger partial charge in [-0.25, -0.2) is 0 Å². The Morgan fingerprint density at radius 2 is 1.72 bits per heavy atom. The first kappa shape index (κ1) is 23.4. The largest absolute Gasteiger partial charge is 0.339 e. The van der Waals surface area contributed by atoms with E-state index in [4.69, 9.17) is 52.8 Å². The van der Waals surface area contributed by atoms with Crippen molar-refractivity contribution >= 4 is 69.5 Å². The van der Waals surface area contributed by atoms with Crippen molar-refractivity contribution in [3.05, 3.63) is 65.2 Å². The molecule has 2 rings (SSSR count). The van der Waals surface area contributed by atoms with E-state index >= 15 is 0 Å². The summed E-state index contributed by atoms with van der Waals surface area (Å²) in [4.78, 5) is 24.1. The van der Waals surface area contributed by atoms with E-state index in [0.29, 0.717) is 16.8 Å². The summed E-state index contributed by atoms with van der Waals surface area (Å²) in [5.41, 5.74) is 7.77. The minimum atomic E-state index is -1.87. The zero-order chi connectivity index (χ0) is 21.6. The van der Waals surface area contributed by atoms with Gasteiger partial charge in [-0.1, -0.05) is 52.5 Å². The molecule has 2 aromatic rings. The van der Waals surface area contributed by atoms with Gasteiger partial charge in [-0.15, -0.1) is 0 Å². The van der Waals surface area contributed by atoms with Crippen LogP contribution in [-0.4, -0.2) is 33.3 Å². The van der Waals surface area contributed by atoms with Crippen LogP contribution >= 0.6 is 47.0 Å². The number of anilines is 1. The molecular formula is C19H19Cl3N4O2S. The Morgan fingerprint density at radius 3 is 2.28 bits per heavy atom. The highest BCUT2D eigenvalue weighted by molar-refractivity contribution is 7.80. The monoisotopic (exact) mass is 472 g/mol. The second-order valence-electron chi connectivity index (χ2n) is 6.12. The molecule has 0 spiro atoms. The van der Waals surface area contributed by atoms with Crippen LogP contribution < -0.4 is 21.7 Å². The number of ketones is 1. The molecule has 1 amide bonds. The maximum Gasteiger partial charge on any atom is 0.252 e. The molecule has 2 aromatic carbocycles. The lowest BCUT2D eigenvalue weighted by atomic mass is 10.1. The fraction of sp³-hybridized carbons (Fsp3) is 0.211. The molecule has 154 valence electrons. The van der Waals surface area contributed by atoms with Crippen LogP contribution in [0.2, 0.25) is 0 Å². The van der Waals surface area contributed by atoms with E-state index in [2.05, 4.69) is 16.0 Å². The number of carbonyl (C=O) groups excluding carboxylic acids is 2. The van der Waals surface area contributed by atoms with Crippen molar-refractivity contribution in [1.29, 1.82) is 0 Å². The Labute approximate surface area is 189 Å². The number of alkyl halides is 3. The van der Waals surface area contributed by atoms with Crippen LogP contribution in [0.15, 0.2) is 48.5 Å². The second-order valence-corrected chi connectivity index (χ2v) is 8.90. The summed E-state index contributed by atoms with van der Waals surface area (Å²) < 4.78 is -1.87. The smallest absolute Gasteiger partial charge is 0.252 e. The van der Waals surface area contributed by atoms with E-state index in [1.54, 1.807) is 42.5 Å². The van der Waals surface area contributed by atoms with Crippen LogP contribution in [0.5, 0.6) is 0 Å². The molecular weight excluding hydrogens is 455 g/mol. The van der Waals surface area contributed by atoms with Gasteiger partial charge in [-0.3, -0.25) is 9.59 Å². The van der Waals surface area contributed by atoms with Crippen LogP contribution in [0.4, 0.5) is 5.69 Å². The number of carbonyl (C=O) groups is 2. The van der Waals surface area contributed by atoms with E-state index in [0.717, 1.165) is 5.56 Å². The summed E-state index contributed by atoms with van der Waals surface area (Å²) in [7, 11) is 0. The molecule has 1 unspecified atom stereocenters. The number of thiocarbonyl (C=S) groups is 1. The number of nitrogens with two attached hydrogens (primary N) is 1. The molecule has 0 aliphatic heterocycles. The maximum atomic E-state index is 12.5. The normalized spacial score (nSPS) is 12.0. The minimum Gasteiger partial charge on any atom is -0.339 e. The topological polar surface area (TPSA) is 96.2 Å². The molecule has 0 aromatic heterocycles. The molecule has 0 saturated heterocycles. The van der Waals surface area contributed by atoms with Gasteiger partial charge in [0.05, 0.1) is 6.54 Å². The van der Waals surface area contributed by atoms with Crippen molar-refractivity contribution < 1.29 is 9.59 Å². The summed E-state index contributed by atoms with van der Waals surface area (Å²) in [6, 6.07) is 13.5. The van der Waals surface area contributed by atoms with Gasteiger partial charge in [-0.2, -0.15) is 0 Å². The average molecular weight is 474 g/mol. The number of benzene rings is 2. The molecule has 5 N–H and O–H groups in total. The Balaban J connectivity index is 2.05. The molecule has 10 heteroatoms. The molecule has 0 saturated carbocycles. The minimum absolute atomic E-state index is 0.0711. The molecule has 0 heterocycles. The quantitative estimate of drug-likeness (QED) is 0.222. The van der Waals surface area contributed by atoms with Gasteiger partial charge < -0.3 is 21.7 Å². The van der Waals surface area contributed by atoms with Gasteiger partial charge in [-0.05, 0) is 55.5 Å². The predicted octanol–water partition coefficient (Wildman–Crippen LogP) is 3.55. The van der Waals surface area contributed by atoms with Crippen molar-refractivity contribution in [1.82, 2.24) is 10.6 Å². The fourth-order valence-corrected chi connectivity index (χ4v) is 2.92. The summed E-state index contributed by atoms with van der Waals surface area (Å²) >= 11 is 23.2. The predicted molar refractivity (Wildman–Crippen MR) is 122 cm³/mol. The van der Waals surface area contributed by atoms with Gasteiger partial charge in [0.2, 0.25) is 3.79 Å². The van der Waals surface area contributed by atoms with Crippen molar-refractivity contribution in [3.63, 3.8) is 0 Å². The number of amides is 1. The molecule has 0 radical (unpaired) electrons. The van der Waals surface area contributed by atoms with Crippen molar-refractivity contribution in [2.75, 3.05) is 11.9 Å². The summed E-state index contributed by atoms with van der Waals surface area (Å²) in [5, 5.41) is 8.41. The molecule has 1 atom stereocenters. The summed E-state index contributed by atoms with van der Waals surface area (Å²) in [6.07, 6.45) is -1.10. The first-order chi connectivity index (χ1) is 13.6. The van der Waals surface area contributed by atoms with E-state index < -0.39 is 15.9 Å². The first-order valence-corrected chi connectivity index (χ1v) is 9.99. The SMILES string of the molecule is Cc1cccc(C(=O)NC(NC(=S)Nc2ccc(C(=O)CN)cc2)C(Cl)(Cl)Cl)c1. The lowest BCUT2D eigenvalue weighted by Crippen LogP contribution is -2.56. The first-order valence-electron chi connectivity index (χ1n) is 8.45. The van der Waals surface area contributed by atoms with E-state index in [-0.39, 0.29) is 17.4 Å². The lowest BCUT2D eigenvalue weighted by Gasteiger charge is -2.27. The van der Waals surface area contributed by atoms with Crippen molar-refractivity contribution in [3.8, 4) is 0 Å². The molecule has 0 fully saturated rings. The third-order valence-electron chi connectivity index (χ3n) is 3.81. The van der Waals surface area contributed by atoms with Crippen LogP contribution in [0.25, 0.3) is 0 Å². The van der Waals surface area contributed by atoms with Crippen LogP contribution in [0, 0.1) is 6.92 Å². The Bertz CT molecular complexity index is 901. The van der Waals surface area contributed by atoms with Crippen molar-refractivity contribution in [2.24, 2.45) is 5.73 Å². The fourth-order valence-electron chi connectivity index (χ4n) is 2.36. The summed E-state index contributed by atoms with van der Waals surface area (Å²) in [5.74, 6) is -0.600. The Kier molecular flexibility index (Phi) is 8.24. The van der Waals surface area contributed by atoms with Crippen LogP contribution in [-0.2, 0) is 0 Å². The highest BCUT2D eigenvalue weighted by Gasteiger charge is 2.34. The van der Waals surface area contributed by atoms with Gasteiger partial charge in [0.25, 0.3) is 5.91 Å². The number of aryl methyl sites for hydroxylation is 1. The second kappa shape index (κ2) is 10.2. The molecule has 6 nitrogen and oxygen atoms in total. The highest BCUT2D eigenvalue weighted by atomic mass is 35.6. The molecule has 0 aliphatic carbocycles. The van der Waals surface area contributed by atoms with Crippen LogP contribution in [0.3, 0.4) is 0 Å². The van der Waals surface area contributed by atoms with E-state index in [9.17, 15) is 9.59 Å². The van der Waals surface area contributed by atoms with Gasteiger partial charge in [0.15, 0.2) is 10.9 Å². The Hall–Kier alpha value is -1.90. The lowest BCUT2D eigenvalue weighted by molar-refractivity contribution is 0.0933. The van der Waals surface area contributed by atoms with Gasteiger partial charge >= 0.3 is 0 Å². The maximum absolute atomic E-state index is 12.5. The third kappa shape index (κ3) is 7.13.